The maximum Gasteiger partial charge on any atom is 0.157 e. The predicted octanol–water partition coefficient (Wildman–Crippen LogP) is 3.84. The zero-order chi connectivity index (χ0) is 15.6. The van der Waals surface area contributed by atoms with Gasteiger partial charge in [0.05, 0.1) is 11.9 Å². The maximum absolute atomic E-state index is 4.68. The van der Waals surface area contributed by atoms with Gasteiger partial charge in [0.1, 0.15) is 11.5 Å². The molecule has 0 aliphatic carbocycles. The molecule has 1 aromatic carbocycles. The SMILES string of the molecule is Cc1ccccc1Nc1c(-c2ccccn2)nc2cnccn12. The Labute approximate surface area is 133 Å². The number of rotatable bonds is 3. The Morgan fingerprint density at radius 1 is 1.00 bits per heavy atom. The first-order valence-corrected chi connectivity index (χ1v) is 7.39. The van der Waals surface area contributed by atoms with Crippen molar-refractivity contribution in [1.29, 1.82) is 0 Å². The zero-order valence-corrected chi connectivity index (χ0v) is 12.6. The lowest BCUT2D eigenvalue weighted by Gasteiger charge is -2.10. The van der Waals surface area contributed by atoms with Gasteiger partial charge < -0.3 is 5.32 Å². The summed E-state index contributed by atoms with van der Waals surface area (Å²) in [6, 6.07) is 14.0. The van der Waals surface area contributed by atoms with Crippen molar-refractivity contribution < 1.29 is 0 Å². The van der Waals surface area contributed by atoms with Crippen molar-refractivity contribution in [1.82, 2.24) is 19.4 Å². The summed E-state index contributed by atoms with van der Waals surface area (Å²) >= 11 is 0. The van der Waals surface area contributed by atoms with Gasteiger partial charge in [-0.05, 0) is 30.7 Å². The van der Waals surface area contributed by atoms with Crippen molar-refractivity contribution in [2.75, 3.05) is 5.32 Å². The summed E-state index contributed by atoms with van der Waals surface area (Å²) in [6.07, 6.45) is 7.17. The van der Waals surface area contributed by atoms with Gasteiger partial charge in [-0.15, -0.1) is 0 Å². The largest absolute Gasteiger partial charge is 0.339 e. The average molecular weight is 301 g/mol. The molecule has 0 atom stereocenters. The molecule has 0 aliphatic rings. The van der Waals surface area contributed by atoms with E-state index < -0.39 is 0 Å². The van der Waals surface area contributed by atoms with Gasteiger partial charge in [0, 0.05) is 24.3 Å². The number of hydrogen-bond donors (Lipinski definition) is 1. The van der Waals surface area contributed by atoms with E-state index in [1.54, 1.807) is 18.6 Å². The number of pyridine rings is 1. The first-order chi connectivity index (χ1) is 11.3. The Hall–Kier alpha value is -3.21. The Bertz CT molecular complexity index is 959. The highest BCUT2D eigenvalue weighted by molar-refractivity contribution is 5.78. The van der Waals surface area contributed by atoms with Crippen LogP contribution >= 0.6 is 0 Å². The molecule has 0 spiro atoms. The first-order valence-electron chi connectivity index (χ1n) is 7.39. The van der Waals surface area contributed by atoms with Crippen molar-refractivity contribution >= 4 is 17.2 Å². The molecule has 4 aromatic rings. The highest BCUT2D eigenvalue weighted by Crippen LogP contribution is 2.30. The minimum atomic E-state index is 0.782. The Morgan fingerprint density at radius 3 is 2.70 bits per heavy atom. The van der Waals surface area contributed by atoms with Gasteiger partial charge in [0.2, 0.25) is 0 Å². The fourth-order valence-corrected chi connectivity index (χ4v) is 2.55. The number of para-hydroxylation sites is 1. The van der Waals surface area contributed by atoms with Crippen LogP contribution in [0.5, 0.6) is 0 Å². The molecule has 1 N–H and O–H groups in total. The molecule has 23 heavy (non-hydrogen) atoms. The van der Waals surface area contributed by atoms with Gasteiger partial charge in [0.25, 0.3) is 0 Å². The number of hydrogen-bond acceptors (Lipinski definition) is 4. The van der Waals surface area contributed by atoms with E-state index >= 15 is 0 Å². The molecule has 0 fully saturated rings. The summed E-state index contributed by atoms with van der Waals surface area (Å²) < 4.78 is 1.99. The molecule has 112 valence electrons. The molecule has 0 aliphatic heterocycles. The molecular formula is C18H15N5. The van der Waals surface area contributed by atoms with E-state index in [-0.39, 0.29) is 0 Å². The minimum Gasteiger partial charge on any atom is -0.339 e. The summed E-state index contributed by atoms with van der Waals surface area (Å²) in [5, 5.41) is 3.49. The lowest BCUT2D eigenvalue weighted by atomic mass is 10.2. The standard InChI is InChI=1S/C18H15N5/c1-13-6-2-3-7-14(13)21-18-17(15-8-4-5-9-20-15)22-16-12-19-10-11-23(16)18/h2-12,21H,1H3. The molecule has 3 aromatic heterocycles. The number of imidazole rings is 1. The van der Waals surface area contributed by atoms with Gasteiger partial charge >= 0.3 is 0 Å². The molecular weight excluding hydrogens is 286 g/mol. The van der Waals surface area contributed by atoms with E-state index in [2.05, 4.69) is 39.3 Å². The predicted molar refractivity (Wildman–Crippen MR) is 90.7 cm³/mol. The molecule has 0 unspecified atom stereocenters. The fourth-order valence-electron chi connectivity index (χ4n) is 2.55. The number of anilines is 2. The van der Waals surface area contributed by atoms with Crippen LogP contribution in [0.3, 0.4) is 0 Å². The third kappa shape index (κ3) is 2.42. The molecule has 0 radical (unpaired) electrons. The number of nitrogens with zero attached hydrogens (tertiary/aromatic N) is 4. The summed E-state index contributed by atoms with van der Waals surface area (Å²) in [4.78, 5) is 13.3. The fraction of sp³-hybridized carbons (Fsp3) is 0.0556. The van der Waals surface area contributed by atoms with E-state index in [1.807, 2.05) is 40.9 Å². The Kier molecular flexibility index (Phi) is 3.24. The van der Waals surface area contributed by atoms with Crippen LogP contribution in [0.2, 0.25) is 0 Å². The van der Waals surface area contributed by atoms with E-state index in [0.717, 1.165) is 28.5 Å². The highest BCUT2D eigenvalue weighted by Gasteiger charge is 2.15. The molecule has 3 heterocycles. The van der Waals surface area contributed by atoms with Crippen molar-refractivity contribution in [3.8, 4) is 11.4 Å². The van der Waals surface area contributed by atoms with Crippen molar-refractivity contribution in [3.63, 3.8) is 0 Å². The molecule has 5 heteroatoms. The van der Waals surface area contributed by atoms with Gasteiger partial charge in [-0.1, -0.05) is 24.3 Å². The van der Waals surface area contributed by atoms with Crippen LogP contribution in [-0.2, 0) is 0 Å². The third-order valence-electron chi connectivity index (χ3n) is 3.74. The van der Waals surface area contributed by atoms with Crippen molar-refractivity contribution in [2.45, 2.75) is 6.92 Å². The summed E-state index contributed by atoms with van der Waals surface area (Å²) in [5.74, 6) is 0.885. The first kappa shape index (κ1) is 13.5. The summed E-state index contributed by atoms with van der Waals surface area (Å²) in [6.45, 7) is 2.08. The quantitative estimate of drug-likeness (QED) is 0.624. The average Bonchev–Trinajstić information content (AvgIpc) is 2.96. The number of aromatic nitrogens is 4. The van der Waals surface area contributed by atoms with E-state index in [0.29, 0.717) is 0 Å². The van der Waals surface area contributed by atoms with Crippen LogP contribution in [0, 0.1) is 6.92 Å². The highest BCUT2D eigenvalue weighted by atomic mass is 15.1. The normalized spacial score (nSPS) is 10.8. The minimum absolute atomic E-state index is 0.782. The van der Waals surface area contributed by atoms with Crippen LogP contribution in [0.15, 0.2) is 67.3 Å². The lowest BCUT2D eigenvalue weighted by molar-refractivity contribution is 1.13. The summed E-state index contributed by atoms with van der Waals surface area (Å²) in [7, 11) is 0. The topological polar surface area (TPSA) is 55.1 Å². The third-order valence-corrected chi connectivity index (χ3v) is 3.74. The van der Waals surface area contributed by atoms with Gasteiger partial charge in [0.15, 0.2) is 5.65 Å². The van der Waals surface area contributed by atoms with Crippen LogP contribution in [0.1, 0.15) is 5.56 Å². The molecule has 0 bridgehead atoms. The second-order valence-corrected chi connectivity index (χ2v) is 5.27. The molecule has 4 rings (SSSR count). The number of benzene rings is 1. The monoisotopic (exact) mass is 301 g/mol. The van der Waals surface area contributed by atoms with Crippen molar-refractivity contribution in [2.24, 2.45) is 0 Å². The van der Waals surface area contributed by atoms with Crippen LogP contribution < -0.4 is 5.32 Å². The number of nitrogens with one attached hydrogen (secondary N) is 1. The van der Waals surface area contributed by atoms with Crippen LogP contribution in [0.4, 0.5) is 11.5 Å². The number of aryl methyl sites for hydroxylation is 1. The lowest BCUT2D eigenvalue weighted by Crippen LogP contribution is -1.99. The van der Waals surface area contributed by atoms with E-state index in [1.165, 1.54) is 5.56 Å². The zero-order valence-electron chi connectivity index (χ0n) is 12.6. The van der Waals surface area contributed by atoms with E-state index in [4.69, 9.17) is 0 Å². The van der Waals surface area contributed by atoms with Crippen molar-refractivity contribution in [3.05, 3.63) is 72.8 Å². The molecule has 5 nitrogen and oxygen atoms in total. The summed E-state index contributed by atoms with van der Waals surface area (Å²) in [5.41, 5.74) is 4.63. The van der Waals surface area contributed by atoms with E-state index in [9.17, 15) is 0 Å². The Balaban J connectivity index is 1.92. The second-order valence-electron chi connectivity index (χ2n) is 5.27. The van der Waals surface area contributed by atoms with Crippen LogP contribution in [-0.4, -0.2) is 19.4 Å². The molecule has 0 saturated heterocycles. The maximum atomic E-state index is 4.68. The molecule has 0 saturated carbocycles. The smallest absolute Gasteiger partial charge is 0.157 e. The number of fused-ring (bicyclic) bond motifs is 1. The Morgan fingerprint density at radius 2 is 1.87 bits per heavy atom. The van der Waals surface area contributed by atoms with Gasteiger partial charge in [-0.3, -0.25) is 14.4 Å². The molecule has 0 amide bonds. The second kappa shape index (κ2) is 5.53. The van der Waals surface area contributed by atoms with Gasteiger partial charge in [-0.2, -0.15) is 0 Å². The van der Waals surface area contributed by atoms with Crippen LogP contribution in [0.25, 0.3) is 17.0 Å². The van der Waals surface area contributed by atoms with Gasteiger partial charge in [-0.25, -0.2) is 4.98 Å².